The van der Waals surface area contributed by atoms with Crippen LogP contribution in [0.25, 0.3) is 11.4 Å². The molecule has 0 aliphatic carbocycles. The largest absolute Gasteiger partial charge is 0.477 e. The molecule has 7 nitrogen and oxygen atoms in total. The average Bonchev–Trinajstić information content (AvgIpc) is 2.52. The number of carbonyl (C=O) groups excluding carboxylic acids is 1. The number of amides is 1. The van der Waals surface area contributed by atoms with Gasteiger partial charge in [-0.15, -0.1) is 0 Å². The van der Waals surface area contributed by atoms with Crippen LogP contribution in [0.3, 0.4) is 0 Å². The van der Waals surface area contributed by atoms with Gasteiger partial charge in [0, 0.05) is 31.6 Å². The maximum absolute atomic E-state index is 11.2. The molecule has 1 amide bonds. The van der Waals surface area contributed by atoms with Crippen LogP contribution in [0, 0.1) is 0 Å². The number of carboxylic acid groups (broad SMARTS) is 1. The highest BCUT2D eigenvalue weighted by Crippen LogP contribution is 2.17. The third kappa shape index (κ3) is 4.27. The number of nitrogens with zero attached hydrogens (tertiary/aromatic N) is 2. The van der Waals surface area contributed by atoms with Gasteiger partial charge >= 0.3 is 5.97 Å². The molecule has 0 unspecified atom stereocenters. The van der Waals surface area contributed by atoms with Crippen molar-refractivity contribution in [1.29, 1.82) is 0 Å². The fourth-order valence-corrected chi connectivity index (χ4v) is 1.79. The van der Waals surface area contributed by atoms with Crippen LogP contribution in [0.15, 0.2) is 36.4 Å². The molecular weight excluding hydrogens is 284 g/mol. The van der Waals surface area contributed by atoms with Gasteiger partial charge in [0.25, 0.3) is 0 Å². The smallest absolute Gasteiger partial charge is 0.354 e. The van der Waals surface area contributed by atoms with Crippen molar-refractivity contribution in [2.75, 3.05) is 18.4 Å². The van der Waals surface area contributed by atoms with Gasteiger partial charge in [-0.1, -0.05) is 30.3 Å². The SMILES string of the molecule is CC(=O)NCCNc1cc(C(=O)O)nc(-c2ccccc2)n1. The maximum atomic E-state index is 11.2. The molecule has 7 heteroatoms. The number of benzene rings is 1. The van der Waals surface area contributed by atoms with E-state index in [1.54, 1.807) is 0 Å². The highest BCUT2D eigenvalue weighted by Gasteiger charge is 2.11. The average molecular weight is 300 g/mol. The van der Waals surface area contributed by atoms with E-state index in [0.29, 0.717) is 24.7 Å². The van der Waals surface area contributed by atoms with Gasteiger partial charge in [0.2, 0.25) is 5.91 Å². The van der Waals surface area contributed by atoms with Gasteiger partial charge in [-0.05, 0) is 0 Å². The number of anilines is 1. The molecule has 22 heavy (non-hydrogen) atoms. The maximum Gasteiger partial charge on any atom is 0.354 e. The summed E-state index contributed by atoms with van der Waals surface area (Å²) < 4.78 is 0. The van der Waals surface area contributed by atoms with Gasteiger partial charge in [0.15, 0.2) is 11.5 Å². The quantitative estimate of drug-likeness (QED) is 0.696. The first-order chi connectivity index (χ1) is 10.6. The van der Waals surface area contributed by atoms with Crippen LogP contribution in [-0.2, 0) is 4.79 Å². The summed E-state index contributed by atoms with van der Waals surface area (Å²) in [7, 11) is 0. The van der Waals surface area contributed by atoms with Crippen molar-refractivity contribution in [2.45, 2.75) is 6.92 Å². The fraction of sp³-hybridized carbons (Fsp3) is 0.200. The number of aromatic nitrogens is 2. The Morgan fingerprint density at radius 3 is 2.50 bits per heavy atom. The van der Waals surface area contributed by atoms with E-state index in [2.05, 4.69) is 20.6 Å². The molecule has 2 aromatic rings. The van der Waals surface area contributed by atoms with Crippen LogP contribution in [0.1, 0.15) is 17.4 Å². The topological polar surface area (TPSA) is 104 Å². The minimum atomic E-state index is -1.12. The number of nitrogens with one attached hydrogen (secondary N) is 2. The van der Waals surface area contributed by atoms with Gasteiger partial charge in [0.1, 0.15) is 5.82 Å². The molecule has 1 aromatic heterocycles. The molecular formula is C15H16N4O3. The fourth-order valence-electron chi connectivity index (χ4n) is 1.79. The van der Waals surface area contributed by atoms with E-state index >= 15 is 0 Å². The normalized spacial score (nSPS) is 10.0. The van der Waals surface area contributed by atoms with Crippen LogP contribution in [-0.4, -0.2) is 40.0 Å². The van der Waals surface area contributed by atoms with E-state index in [1.165, 1.54) is 13.0 Å². The van der Waals surface area contributed by atoms with Gasteiger partial charge in [0.05, 0.1) is 0 Å². The third-order valence-corrected chi connectivity index (χ3v) is 2.78. The van der Waals surface area contributed by atoms with Crippen LogP contribution in [0.2, 0.25) is 0 Å². The van der Waals surface area contributed by atoms with Gasteiger partial charge < -0.3 is 15.7 Å². The lowest BCUT2D eigenvalue weighted by Gasteiger charge is -2.09. The van der Waals surface area contributed by atoms with Crippen LogP contribution >= 0.6 is 0 Å². The first kappa shape index (κ1) is 15.4. The van der Waals surface area contributed by atoms with Crippen LogP contribution in [0.5, 0.6) is 0 Å². The second-order valence-corrected chi connectivity index (χ2v) is 4.54. The predicted octanol–water partition coefficient (Wildman–Crippen LogP) is 1.39. The summed E-state index contributed by atoms with van der Waals surface area (Å²) in [4.78, 5) is 30.3. The lowest BCUT2D eigenvalue weighted by Crippen LogP contribution is -2.26. The predicted molar refractivity (Wildman–Crippen MR) is 81.6 cm³/mol. The van der Waals surface area contributed by atoms with Gasteiger partial charge in [-0.3, -0.25) is 4.79 Å². The third-order valence-electron chi connectivity index (χ3n) is 2.78. The Bertz CT molecular complexity index is 674. The van der Waals surface area contributed by atoms with Gasteiger partial charge in [-0.25, -0.2) is 14.8 Å². The van der Waals surface area contributed by atoms with E-state index in [0.717, 1.165) is 5.56 Å². The molecule has 3 N–H and O–H groups in total. The lowest BCUT2D eigenvalue weighted by atomic mass is 10.2. The second kappa shape index (κ2) is 7.16. The Hall–Kier alpha value is -2.96. The molecule has 0 atom stereocenters. The monoisotopic (exact) mass is 300 g/mol. The van der Waals surface area contributed by atoms with E-state index in [9.17, 15) is 9.59 Å². The molecule has 0 aliphatic heterocycles. The highest BCUT2D eigenvalue weighted by molar-refractivity contribution is 5.87. The summed E-state index contributed by atoms with van der Waals surface area (Å²) >= 11 is 0. The summed E-state index contributed by atoms with van der Waals surface area (Å²) in [5.41, 5.74) is 0.645. The molecule has 0 aliphatic rings. The van der Waals surface area contributed by atoms with Crippen molar-refractivity contribution in [1.82, 2.24) is 15.3 Å². The first-order valence-electron chi connectivity index (χ1n) is 6.72. The Morgan fingerprint density at radius 1 is 1.14 bits per heavy atom. The number of carbonyl (C=O) groups is 2. The van der Waals surface area contributed by atoms with E-state index in [-0.39, 0.29) is 11.6 Å². The van der Waals surface area contributed by atoms with Crippen molar-refractivity contribution >= 4 is 17.7 Å². The lowest BCUT2D eigenvalue weighted by molar-refractivity contribution is -0.118. The zero-order valence-electron chi connectivity index (χ0n) is 12.0. The van der Waals surface area contributed by atoms with Crippen LogP contribution < -0.4 is 10.6 Å². The Balaban J connectivity index is 2.20. The first-order valence-corrected chi connectivity index (χ1v) is 6.72. The van der Waals surface area contributed by atoms with Crippen molar-refractivity contribution in [2.24, 2.45) is 0 Å². The summed E-state index contributed by atoms with van der Waals surface area (Å²) in [6, 6.07) is 10.5. The van der Waals surface area contributed by atoms with Gasteiger partial charge in [-0.2, -0.15) is 0 Å². The standard InChI is InChI=1S/C15H16N4O3/c1-10(20)16-7-8-17-13-9-12(15(21)22)18-14(19-13)11-5-3-2-4-6-11/h2-6,9H,7-8H2,1H3,(H,16,20)(H,21,22)(H,17,18,19). The molecule has 0 saturated carbocycles. The molecule has 0 fully saturated rings. The molecule has 0 bridgehead atoms. The summed E-state index contributed by atoms with van der Waals surface area (Å²) in [6.45, 7) is 2.28. The molecule has 0 spiro atoms. The van der Waals surface area contributed by atoms with E-state index < -0.39 is 5.97 Å². The van der Waals surface area contributed by atoms with E-state index in [1.807, 2.05) is 30.3 Å². The Morgan fingerprint density at radius 2 is 1.86 bits per heavy atom. The van der Waals surface area contributed by atoms with Crippen LogP contribution in [0.4, 0.5) is 5.82 Å². The summed E-state index contributed by atoms with van der Waals surface area (Å²) in [5.74, 6) is -0.510. The summed E-state index contributed by atoms with van der Waals surface area (Å²) in [6.07, 6.45) is 0. The second-order valence-electron chi connectivity index (χ2n) is 4.54. The zero-order chi connectivity index (χ0) is 15.9. The molecule has 0 saturated heterocycles. The van der Waals surface area contributed by atoms with Crippen molar-refractivity contribution in [3.8, 4) is 11.4 Å². The zero-order valence-corrected chi connectivity index (χ0v) is 12.0. The Kier molecular flexibility index (Phi) is 5.02. The molecule has 114 valence electrons. The van der Waals surface area contributed by atoms with E-state index in [4.69, 9.17) is 5.11 Å². The minimum Gasteiger partial charge on any atom is -0.477 e. The highest BCUT2D eigenvalue weighted by atomic mass is 16.4. The van der Waals surface area contributed by atoms with Crippen molar-refractivity contribution < 1.29 is 14.7 Å². The molecule has 1 aromatic carbocycles. The van der Waals surface area contributed by atoms with Crippen molar-refractivity contribution in [3.05, 3.63) is 42.1 Å². The molecule has 1 heterocycles. The summed E-state index contributed by atoms with van der Waals surface area (Å²) in [5, 5.41) is 14.8. The Labute approximate surface area is 127 Å². The number of hydrogen-bond acceptors (Lipinski definition) is 5. The number of aromatic carboxylic acids is 1. The van der Waals surface area contributed by atoms with Crippen molar-refractivity contribution in [3.63, 3.8) is 0 Å². The number of hydrogen-bond donors (Lipinski definition) is 3. The number of rotatable bonds is 6. The molecule has 0 radical (unpaired) electrons. The minimum absolute atomic E-state index is 0.0871. The molecule has 2 rings (SSSR count). The number of carboxylic acids is 1.